The Morgan fingerprint density at radius 2 is 1.92 bits per heavy atom. The van der Waals surface area contributed by atoms with Crippen molar-refractivity contribution in [3.63, 3.8) is 0 Å². The summed E-state index contributed by atoms with van der Waals surface area (Å²) in [5.41, 5.74) is 9.45. The average molecular weight is 560 g/mol. The van der Waals surface area contributed by atoms with Gasteiger partial charge in [0.1, 0.15) is 29.6 Å². The number of carbonyl (C=O) groups is 2. The second kappa shape index (κ2) is 13.4. The lowest BCUT2D eigenvalue weighted by Crippen LogP contribution is -2.34. The fraction of sp³-hybridized carbons (Fsp3) is 0.333. The van der Waals surface area contributed by atoms with Gasteiger partial charge < -0.3 is 24.7 Å². The zero-order valence-electron chi connectivity index (χ0n) is 21.4. The lowest BCUT2D eigenvalue weighted by molar-refractivity contribution is -0.129. The predicted octanol–water partition coefficient (Wildman–Crippen LogP) is 4.01. The van der Waals surface area contributed by atoms with Gasteiger partial charge in [-0.25, -0.2) is 9.97 Å². The van der Waals surface area contributed by atoms with E-state index in [4.69, 9.17) is 31.8 Å². The maximum atomic E-state index is 12.8. The molecule has 4 aromatic rings. The molecule has 2 heterocycles. The summed E-state index contributed by atoms with van der Waals surface area (Å²) in [5, 5.41) is 0.938. The first-order chi connectivity index (χ1) is 17.9. The average Bonchev–Trinajstić information content (AvgIpc) is 3.27. The van der Waals surface area contributed by atoms with Crippen LogP contribution in [0.15, 0.2) is 48.5 Å². The minimum atomic E-state index is -0.189. The largest absolute Gasteiger partial charge is 0.486 e. The number of ether oxygens (including phenoxy) is 2. The number of nitrogens with two attached hydrogens (primary N) is 1. The molecule has 202 valence electrons. The molecule has 2 aromatic carbocycles. The number of pyridine rings is 1. The van der Waals surface area contributed by atoms with Crippen LogP contribution in [0, 0.1) is 0 Å². The third-order valence-corrected chi connectivity index (χ3v) is 6.22. The Morgan fingerprint density at radius 1 is 1.13 bits per heavy atom. The van der Waals surface area contributed by atoms with Crippen LogP contribution in [0.25, 0.3) is 21.9 Å². The number of para-hydroxylation sites is 1. The number of imidazole rings is 1. The van der Waals surface area contributed by atoms with Crippen molar-refractivity contribution in [2.45, 2.75) is 26.4 Å². The summed E-state index contributed by atoms with van der Waals surface area (Å²) in [6, 6.07) is 15.1. The van der Waals surface area contributed by atoms with E-state index in [9.17, 15) is 9.59 Å². The molecule has 9 nitrogen and oxygen atoms in total. The summed E-state index contributed by atoms with van der Waals surface area (Å²) in [6.45, 7) is 3.17. The molecule has 0 atom stereocenters. The van der Waals surface area contributed by atoms with E-state index in [1.54, 1.807) is 18.1 Å². The van der Waals surface area contributed by atoms with Crippen LogP contribution >= 0.6 is 24.0 Å². The van der Waals surface area contributed by atoms with Gasteiger partial charge in [-0.05, 0) is 30.7 Å². The molecule has 0 radical (unpaired) electrons. The molecule has 4 rings (SSSR count). The number of halogens is 2. The molecule has 0 aliphatic carbocycles. The van der Waals surface area contributed by atoms with E-state index in [1.807, 2.05) is 42.5 Å². The minimum Gasteiger partial charge on any atom is -0.486 e. The number of aromatic nitrogens is 3. The van der Waals surface area contributed by atoms with Crippen LogP contribution < -0.4 is 10.5 Å². The predicted molar refractivity (Wildman–Crippen MR) is 151 cm³/mol. The van der Waals surface area contributed by atoms with Crippen LogP contribution in [0.4, 0.5) is 5.82 Å². The molecule has 0 spiro atoms. The molecule has 11 heteroatoms. The smallest absolute Gasteiger partial charge is 0.237 e. The Balaban J connectivity index is 0.00000400. The van der Waals surface area contributed by atoms with Gasteiger partial charge in [-0.1, -0.05) is 30.3 Å². The van der Waals surface area contributed by atoms with Crippen molar-refractivity contribution < 1.29 is 19.1 Å². The van der Waals surface area contributed by atoms with Crippen LogP contribution in [0.3, 0.4) is 0 Å². The highest BCUT2D eigenvalue weighted by Gasteiger charge is 2.20. The lowest BCUT2D eigenvalue weighted by atomic mass is 10.2. The van der Waals surface area contributed by atoms with Crippen molar-refractivity contribution in [2.75, 3.05) is 38.5 Å². The molecule has 38 heavy (non-hydrogen) atoms. The van der Waals surface area contributed by atoms with Crippen molar-refractivity contribution >= 4 is 63.5 Å². The number of ketones is 1. The number of alkyl halides is 1. The Labute approximate surface area is 232 Å². The number of nitrogens with zero attached hydrogens (tertiary/aromatic N) is 4. The molecule has 0 aliphatic rings. The van der Waals surface area contributed by atoms with Crippen LogP contribution in [-0.2, 0) is 33.8 Å². The van der Waals surface area contributed by atoms with E-state index in [1.165, 1.54) is 6.92 Å². The van der Waals surface area contributed by atoms with Gasteiger partial charge in [-0.2, -0.15) is 0 Å². The van der Waals surface area contributed by atoms with Gasteiger partial charge in [0.05, 0.1) is 17.6 Å². The van der Waals surface area contributed by atoms with Gasteiger partial charge in [0, 0.05) is 38.6 Å². The van der Waals surface area contributed by atoms with Gasteiger partial charge in [-0.3, -0.25) is 9.59 Å². The molecule has 0 saturated carbocycles. The van der Waals surface area contributed by atoms with Crippen molar-refractivity contribution in [3.8, 4) is 5.75 Å². The van der Waals surface area contributed by atoms with Crippen molar-refractivity contribution in [2.24, 2.45) is 0 Å². The molecule has 2 aromatic heterocycles. The zero-order chi connectivity index (χ0) is 26.4. The highest BCUT2D eigenvalue weighted by atomic mass is 35.5. The summed E-state index contributed by atoms with van der Waals surface area (Å²) in [7, 11) is 1.65. The first-order valence-electron chi connectivity index (χ1n) is 12.0. The normalized spacial score (nSPS) is 10.9. The molecule has 2 N–H and O–H groups in total. The molecule has 0 bridgehead atoms. The van der Waals surface area contributed by atoms with Crippen LogP contribution in [-0.4, -0.2) is 63.9 Å². The second-order valence-electron chi connectivity index (χ2n) is 8.72. The van der Waals surface area contributed by atoms with Gasteiger partial charge in [0.15, 0.2) is 11.6 Å². The van der Waals surface area contributed by atoms with Gasteiger partial charge in [-0.15, -0.1) is 24.0 Å². The molecular weight excluding hydrogens is 529 g/mol. The number of nitrogen functional groups attached to an aromatic ring is 1. The van der Waals surface area contributed by atoms with Crippen LogP contribution in [0.1, 0.15) is 18.3 Å². The van der Waals surface area contributed by atoms with Crippen molar-refractivity contribution in [1.82, 2.24) is 19.4 Å². The number of rotatable bonds is 12. The van der Waals surface area contributed by atoms with Crippen molar-refractivity contribution in [3.05, 3.63) is 59.9 Å². The van der Waals surface area contributed by atoms with E-state index in [-0.39, 0.29) is 36.6 Å². The highest BCUT2D eigenvalue weighted by Crippen LogP contribution is 2.29. The standard InChI is InChI=1S/C27H30ClN5O4.ClH/c1-18(34)17-37-20-7-5-6-19(14-20)16-32(24(35)15-28)11-12-33-23(10-13-36-2)31-25-26(33)21-8-3-4-9-22(21)30-27(25)29;/h3-9,14H,10-13,15-17H2,1-2H3,(H2,29,30);1H. The summed E-state index contributed by atoms with van der Waals surface area (Å²) < 4.78 is 12.9. The summed E-state index contributed by atoms with van der Waals surface area (Å²) in [6.07, 6.45) is 0.581. The Morgan fingerprint density at radius 3 is 2.66 bits per heavy atom. The third kappa shape index (κ3) is 6.72. The Kier molecular flexibility index (Phi) is 10.3. The van der Waals surface area contributed by atoms with Crippen LogP contribution in [0.5, 0.6) is 5.75 Å². The molecule has 0 unspecified atom stereocenters. The second-order valence-corrected chi connectivity index (χ2v) is 8.99. The van der Waals surface area contributed by atoms with Gasteiger partial charge in [0.25, 0.3) is 0 Å². The minimum absolute atomic E-state index is 0. The monoisotopic (exact) mass is 559 g/mol. The van der Waals surface area contributed by atoms with E-state index in [0.29, 0.717) is 49.7 Å². The van der Waals surface area contributed by atoms with Crippen LogP contribution in [0.2, 0.25) is 0 Å². The maximum absolute atomic E-state index is 12.8. The van der Waals surface area contributed by atoms with Gasteiger partial charge in [0.2, 0.25) is 5.91 Å². The van der Waals surface area contributed by atoms with E-state index in [0.717, 1.165) is 27.8 Å². The number of benzene rings is 2. The molecule has 0 saturated heterocycles. The summed E-state index contributed by atoms with van der Waals surface area (Å²) in [5.74, 6) is 1.35. The quantitative estimate of drug-likeness (QED) is 0.261. The first-order valence-corrected chi connectivity index (χ1v) is 12.5. The number of carbonyl (C=O) groups excluding carboxylic acids is 2. The van der Waals surface area contributed by atoms with Crippen molar-refractivity contribution in [1.29, 1.82) is 0 Å². The number of hydrogen-bond acceptors (Lipinski definition) is 7. The third-order valence-electron chi connectivity index (χ3n) is 5.99. The first kappa shape index (κ1) is 29.2. The highest BCUT2D eigenvalue weighted by molar-refractivity contribution is 6.27. The molecule has 0 aliphatic heterocycles. The number of methoxy groups -OCH3 is 1. The van der Waals surface area contributed by atoms with Gasteiger partial charge >= 0.3 is 0 Å². The summed E-state index contributed by atoms with van der Waals surface area (Å²) >= 11 is 5.97. The number of Topliss-reactive ketones (excluding diaryl/α,β-unsaturated/α-hetero) is 1. The summed E-state index contributed by atoms with van der Waals surface area (Å²) in [4.78, 5) is 35.1. The Bertz CT molecular complexity index is 1430. The maximum Gasteiger partial charge on any atom is 0.237 e. The fourth-order valence-corrected chi connectivity index (χ4v) is 4.44. The number of amides is 1. The molecule has 1 amide bonds. The fourth-order valence-electron chi connectivity index (χ4n) is 4.27. The van der Waals surface area contributed by atoms with E-state index < -0.39 is 0 Å². The molecule has 0 fully saturated rings. The topological polar surface area (TPSA) is 113 Å². The Hall–Kier alpha value is -3.40. The lowest BCUT2D eigenvalue weighted by Gasteiger charge is -2.23. The number of hydrogen-bond donors (Lipinski definition) is 1. The van der Waals surface area contributed by atoms with E-state index >= 15 is 0 Å². The molecular formula is C27H31Cl2N5O4. The zero-order valence-corrected chi connectivity index (χ0v) is 22.9. The number of anilines is 1. The SMILES string of the molecule is COCCc1nc2c(N)nc3ccccc3c2n1CCN(Cc1cccc(OCC(C)=O)c1)C(=O)CCl.Cl. The van der Waals surface area contributed by atoms with E-state index in [2.05, 4.69) is 9.55 Å². The number of fused-ring (bicyclic) bond motifs is 3.